The molecule has 3 heterocycles. The van der Waals surface area contributed by atoms with Crippen LogP contribution in [0.15, 0.2) is 53.4 Å². The molecule has 0 aliphatic carbocycles. The predicted molar refractivity (Wildman–Crippen MR) is 137 cm³/mol. The first kappa shape index (κ1) is 24.0. The van der Waals surface area contributed by atoms with Crippen molar-refractivity contribution in [2.45, 2.75) is 62.3 Å². The number of aryl methyl sites for hydroxylation is 2. The van der Waals surface area contributed by atoms with E-state index in [1.807, 2.05) is 40.8 Å². The summed E-state index contributed by atoms with van der Waals surface area (Å²) in [5.74, 6) is 0.975. The van der Waals surface area contributed by atoms with Gasteiger partial charge in [-0.3, -0.25) is 4.79 Å². The Hall–Kier alpha value is -2.71. The Morgan fingerprint density at radius 2 is 1.77 bits per heavy atom. The molecule has 1 unspecified atom stereocenters. The molecule has 2 aliphatic heterocycles. The number of sulfonamides is 1. The van der Waals surface area contributed by atoms with Crippen LogP contribution in [0, 0.1) is 0 Å². The van der Waals surface area contributed by atoms with Crippen LogP contribution in [0.3, 0.4) is 0 Å². The first-order chi connectivity index (χ1) is 16.9. The zero-order chi connectivity index (χ0) is 24.4. The van der Waals surface area contributed by atoms with E-state index in [0.29, 0.717) is 36.3 Å². The van der Waals surface area contributed by atoms with Crippen molar-refractivity contribution < 1.29 is 13.2 Å². The van der Waals surface area contributed by atoms with Crippen molar-refractivity contribution in [2.75, 3.05) is 19.6 Å². The highest BCUT2D eigenvalue weighted by Crippen LogP contribution is 2.26. The van der Waals surface area contributed by atoms with Gasteiger partial charge in [0, 0.05) is 45.6 Å². The molecule has 35 heavy (non-hydrogen) atoms. The predicted octanol–water partition coefficient (Wildman–Crippen LogP) is 3.91. The van der Waals surface area contributed by atoms with E-state index in [4.69, 9.17) is 4.98 Å². The van der Waals surface area contributed by atoms with Crippen molar-refractivity contribution in [3.05, 3.63) is 59.9 Å². The maximum absolute atomic E-state index is 13.1. The summed E-state index contributed by atoms with van der Waals surface area (Å²) in [6.07, 6.45) is 6.82. The molecule has 2 fully saturated rings. The Morgan fingerprint density at radius 3 is 2.54 bits per heavy atom. The van der Waals surface area contributed by atoms with Gasteiger partial charge in [-0.05, 0) is 55.9 Å². The second-order valence-electron chi connectivity index (χ2n) is 9.78. The lowest BCUT2D eigenvalue weighted by molar-refractivity contribution is -0.132. The second kappa shape index (κ2) is 10.1. The molecule has 5 rings (SSSR count). The molecule has 7 nitrogen and oxygen atoms in total. The molecule has 0 N–H and O–H groups in total. The van der Waals surface area contributed by atoms with Gasteiger partial charge < -0.3 is 9.47 Å². The minimum atomic E-state index is -3.50. The Morgan fingerprint density at radius 1 is 1.00 bits per heavy atom. The number of carbonyl (C=O) groups is 1. The molecule has 0 radical (unpaired) electrons. The largest absolute Gasteiger partial charge is 0.339 e. The third kappa shape index (κ3) is 5.00. The fraction of sp³-hybridized carbons (Fsp3) is 0.481. The lowest BCUT2D eigenvalue weighted by Crippen LogP contribution is -2.37. The van der Waals surface area contributed by atoms with E-state index in [-0.39, 0.29) is 11.9 Å². The van der Waals surface area contributed by atoms with Crippen LogP contribution in [-0.2, 0) is 34.7 Å². The molecular weight excluding hydrogens is 460 g/mol. The molecule has 1 amide bonds. The van der Waals surface area contributed by atoms with E-state index in [2.05, 4.69) is 12.1 Å². The molecule has 2 aromatic carbocycles. The number of imidazole rings is 1. The Kier molecular flexibility index (Phi) is 6.93. The Balaban J connectivity index is 1.28. The molecule has 2 saturated heterocycles. The van der Waals surface area contributed by atoms with Gasteiger partial charge in [-0.1, -0.05) is 36.8 Å². The molecule has 3 aromatic rings. The van der Waals surface area contributed by atoms with Crippen molar-refractivity contribution >= 4 is 27.0 Å². The SMILES string of the molecule is Cn1c(CCC(=O)N2CCCC2Cc2ccccc2)nc2cc(S(=O)(=O)N3CCCCC3)ccc21. The molecule has 186 valence electrons. The number of nitrogens with zero attached hydrogens (tertiary/aromatic N) is 4. The lowest BCUT2D eigenvalue weighted by atomic mass is 10.0. The van der Waals surface area contributed by atoms with Gasteiger partial charge in [0.05, 0.1) is 15.9 Å². The Bertz CT molecular complexity index is 1300. The smallest absolute Gasteiger partial charge is 0.243 e. The molecular formula is C27H34N4O3S. The van der Waals surface area contributed by atoms with Crippen LogP contribution < -0.4 is 0 Å². The van der Waals surface area contributed by atoms with Gasteiger partial charge in [-0.15, -0.1) is 0 Å². The van der Waals surface area contributed by atoms with Gasteiger partial charge >= 0.3 is 0 Å². The molecule has 8 heteroatoms. The van der Waals surface area contributed by atoms with Crippen LogP contribution in [0.4, 0.5) is 0 Å². The number of hydrogen-bond donors (Lipinski definition) is 0. The lowest BCUT2D eigenvalue weighted by Gasteiger charge is -2.25. The third-order valence-corrected chi connectivity index (χ3v) is 9.37. The van der Waals surface area contributed by atoms with E-state index in [9.17, 15) is 13.2 Å². The molecule has 1 aromatic heterocycles. The normalized spacial score (nSPS) is 19.5. The van der Waals surface area contributed by atoms with E-state index in [0.717, 1.165) is 56.4 Å². The second-order valence-corrected chi connectivity index (χ2v) is 11.7. The zero-order valence-electron chi connectivity index (χ0n) is 20.4. The Labute approximate surface area is 207 Å². The van der Waals surface area contributed by atoms with Crippen molar-refractivity contribution in [3.63, 3.8) is 0 Å². The number of fused-ring (bicyclic) bond motifs is 1. The third-order valence-electron chi connectivity index (χ3n) is 7.47. The van der Waals surface area contributed by atoms with Gasteiger partial charge in [-0.25, -0.2) is 13.4 Å². The van der Waals surface area contributed by atoms with Crippen molar-refractivity contribution in [2.24, 2.45) is 7.05 Å². The minimum absolute atomic E-state index is 0.170. The molecule has 0 spiro atoms. The summed E-state index contributed by atoms with van der Waals surface area (Å²) in [7, 11) is -1.57. The topological polar surface area (TPSA) is 75.5 Å². The maximum atomic E-state index is 13.1. The fourth-order valence-corrected chi connectivity index (χ4v) is 7.03. The standard InChI is InChI=1S/C27H34N4O3S/c1-29-25-13-12-23(35(33,34)30-16-6-3-7-17-30)20-24(25)28-26(29)14-15-27(32)31-18-8-11-22(31)19-21-9-4-2-5-10-21/h2,4-5,9-10,12-13,20,22H,3,6-8,11,14-19H2,1H3. The number of amides is 1. The number of hydrogen-bond acceptors (Lipinski definition) is 4. The first-order valence-corrected chi connectivity index (χ1v) is 14.2. The van der Waals surface area contributed by atoms with Crippen LogP contribution in [0.1, 0.15) is 49.9 Å². The van der Waals surface area contributed by atoms with Gasteiger partial charge in [0.25, 0.3) is 0 Å². The fourth-order valence-electron chi connectivity index (χ4n) is 5.49. The monoisotopic (exact) mass is 494 g/mol. The van der Waals surface area contributed by atoms with Gasteiger partial charge in [0.2, 0.25) is 15.9 Å². The molecule has 0 bridgehead atoms. The zero-order valence-corrected chi connectivity index (χ0v) is 21.2. The van der Waals surface area contributed by atoms with Crippen LogP contribution in [0.25, 0.3) is 11.0 Å². The molecule has 2 aliphatic rings. The minimum Gasteiger partial charge on any atom is -0.339 e. The summed E-state index contributed by atoms with van der Waals surface area (Å²) < 4.78 is 29.7. The first-order valence-electron chi connectivity index (χ1n) is 12.7. The summed E-state index contributed by atoms with van der Waals surface area (Å²) in [6, 6.07) is 15.8. The van der Waals surface area contributed by atoms with E-state index in [1.54, 1.807) is 16.4 Å². The summed E-state index contributed by atoms with van der Waals surface area (Å²) in [6.45, 7) is 1.98. The summed E-state index contributed by atoms with van der Waals surface area (Å²) in [5, 5.41) is 0. The van der Waals surface area contributed by atoms with Crippen LogP contribution >= 0.6 is 0 Å². The highest BCUT2D eigenvalue weighted by Gasteiger charge is 2.29. The van der Waals surface area contributed by atoms with Crippen LogP contribution in [0.5, 0.6) is 0 Å². The summed E-state index contributed by atoms with van der Waals surface area (Å²) >= 11 is 0. The van der Waals surface area contributed by atoms with E-state index in [1.165, 1.54) is 5.56 Å². The van der Waals surface area contributed by atoms with E-state index >= 15 is 0 Å². The number of piperidine rings is 1. The molecule has 1 atom stereocenters. The highest BCUT2D eigenvalue weighted by atomic mass is 32.2. The average Bonchev–Trinajstić information content (AvgIpc) is 3.47. The summed E-state index contributed by atoms with van der Waals surface area (Å²) in [4.78, 5) is 20.2. The van der Waals surface area contributed by atoms with Gasteiger partial charge in [0.15, 0.2) is 0 Å². The maximum Gasteiger partial charge on any atom is 0.243 e. The van der Waals surface area contributed by atoms with Crippen molar-refractivity contribution in [1.82, 2.24) is 18.8 Å². The van der Waals surface area contributed by atoms with Crippen molar-refractivity contribution in [3.8, 4) is 0 Å². The summed E-state index contributed by atoms with van der Waals surface area (Å²) in [5.41, 5.74) is 2.81. The quantitative estimate of drug-likeness (QED) is 0.499. The number of carbonyl (C=O) groups excluding carboxylic acids is 1. The van der Waals surface area contributed by atoms with Crippen LogP contribution in [0.2, 0.25) is 0 Å². The number of likely N-dealkylation sites (tertiary alicyclic amines) is 1. The van der Waals surface area contributed by atoms with Gasteiger partial charge in [-0.2, -0.15) is 4.31 Å². The van der Waals surface area contributed by atoms with Gasteiger partial charge in [0.1, 0.15) is 5.82 Å². The number of aromatic nitrogens is 2. The highest BCUT2D eigenvalue weighted by molar-refractivity contribution is 7.89. The van der Waals surface area contributed by atoms with E-state index < -0.39 is 10.0 Å². The van der Waals surface area contributed by atoms with Crippen molar-refractivity contribution in [1.29, 1.82) is 0 Å². The number of rotatable bonds is 7. The average molecular weight is 495 g/mol. The van der Waals surface area contributed by atoms with Crippen LogP contribution in [-0.4, -0.2) is 58.8 Å². The molecule has 0 saturated carbocycles. The number of benzene rings is 2.